The van der Waals surface area contributed by atoms with Crippen molar-refractivity contribution in [2.45, 2.75) is 37.2 Å². The second-order valence-electron chi connectivity index (χ2n) is 4.02. The number of thioether (sulfide) groups is 1. The molecule has 0 radical (unpaired) electrons. The molecule has 0 saturated carbocycles. The summed E-state index contributed by atoms with van der Waals surface area (Å²) in [6, 6.07) is 3.74. The molecule has 0 aliphatic rings. The van der Waals surface area contributed by atoms with Gasteiger partial charge in [-0.2, -0.15) is 0 Å². The third-order valence-electron chi connectivity index (χ3n) is 2.65. The van der Waals surface area contributed by atoms with Crippen LogP contribution < -0.4 is 0 Å². The van der Waals surface area contributed by atoms with E-state index >= 15 is 0 Å². The average Bonchev–Trinajstić information content (AvgIpc) is 3.00. The second-order valence-corrected chi connectivity index (χ2v) is 5.43. The Morgan fingerprint density at radius 2 is 2.39 bits per heavy atom. The van der Waals surface area contributed by atoms with Gasteiger partial charge >= 0.3 is 0 Å². The van der Waals surface area contributed by atoms with E-state index in [1.54, 1.807) is 18.0 Å². The summed E-state index contributed by atoms with van der Waals surface area (Å²) in [7, 11) is 0. The fourth-order valence-electron chi connectivity index (χ4n) is 1.52. The molecule has 0 amide bonds. The molecule has 0 aromatic carbocycles. The van der Waals surface area contributed by atoms with Crippen molar-refractivity contribution < 1.29 is 4.42 Å². The van der Waals surface area contributed by atoms with Crippen molar-refractivity contribution in [2.24, 2.45) is 0 Å². The molecule has 2 rings (SSSR count). The van der Waals surface area contributed by atoms with E-state index < -0.39 is 0 Å². The van der Waals surface area contributed by atoms with E-state index in [0.29, 0.717) is 11.8 Å². The van der Waals surface area contributed by atoms with Gasteiger partial charge in [0.15, 0.2) is 10.9 Å². The first kappa shape index (κ1) is 13.0. The predicted molar refractivity (Wildman–Crippen MR) is 73.5 cm³/mol. The van der Waals surface area contributed by atoms with Crippen LogP contribution in [0.4, 0.5) is 0 Å². The number of allylic oxidation sites excluding steroid dienone is 1. The first-order chi connectivity index (χ1) is 8.76. The van der Waals surface area contributed by atoms with Crippen LogP contribution in [-0.2, 0) is 6.54 Å². The molecule has 0 bridgehead atoms. The Hall–Kier alpha value is -1.49. The van der Waals surface area contributed by atoms with Gasteiger partial charge in [0.25, 0.3) is 0 Å². The van der Waals surface area contributed by atoms with Crippen molar-refractivity contribution in [3.05, 3.63) is 31.1 Å². The van der Waals surface area contributed by atoms with Crippen LogP contribution in [0.15, 0.2) is 40.6 Å². The van der Waals surface area contributed by atoms with Gasteiger partial charge < -0.3 is 4.42 Å². The Balaban J connectivity index is 2.34. The van der Waals surface area contributed by atoms with E-state index in [4.69, 9.17) is 4.42 Å². The summed E-state index contributed by atoms with van der Waals surface area (Å²) in [6.07, 6.45) is 4.59. The molecule has 2 aromatic heterocycles. The van der Waals surface area contributed by atoms with Crippen LogP contribution in [0.3, 0.4) is 0 Å². The SMILES string of the molecule is C=CCn1c(SC(C)CC)nnc1-c1ccco1. The van der Waals surface area contributed by atoms with Crippen molar-refractivity contribution in [2.75, 3.05) is 0 Å². The fraction of sp³-hybridized carbons (Fsp3) is 0.385. The average molecular weight is 263 g/mol. The minimum atomic E-state index is 0.516. The fourth-order valence-corrected chi connectivity index (χ4v) is 2.42. The molecule has 18 heavy (non-hydrogen) atoms. The highest BCUT2D eigenvalue weighted by Gasteiger charge is 2.16. The molecule has 4 nitrogen and oxygen atoms in total. The number of rotatable bonds is 6. The van der Waals surface area contributed by atoms with Crippen LogP contribution >= 0.6 is 11.8 Å². The third kappa shape index (κ3) is 2.67. The Morgan fingerprint density at radius 1 is 1.56 bits per heavy atom. The summed E-state index contributed by atoms with van der Waals surface area (Å²) in [5.41, 5.74) is 0. The largest absolute Gasteiger partial charge is 0.461 e. The van der Waals surface area contributed by atoms with E-state index in [2.05, 4.69) is 30.6 Å². The summed E-state index contributed by atoms with van der Waals surface area (Å²) in [4.78, 5) is 0. The minimum absolute atomic E-state index is 0.516. The Morgan fingerprint density at radius 3 is 3.00 bits per heavy atom. The van der Waals surface area contributed by atoms with Crippen molar-refractivity contribution in [3.63, 3.8) is 0 Å². The summed E-state index contributed by atoms with van der Waals surface area (Å²) < 4.78 is 7.41. The Kier molecular flexibility index (Phi) is 4.25. The van der Waals surface area contributed by atoms with Gasteiger partial charge in [-0.1, -0.05) is 31.7 Å². The quantitative estimate of drug-likeness (QED) is 0.590. The van der Waals surface area contributed by atoms with Gasteiger partial charge in [0.1, 0.15) is 0 Å². The van der Waals surface area contributed by atoms with Crippen LogP contribution in [0.2, 0.25) is 0 Å². The maximum atomic E-state index is 5.38. The lowest BCUT2D eigenvalue weighted by Crippen LogP contribution is -2.02. The van der Waals surface area contributed by atoms with Crippen molar-refractivity contribution >= 4 is 11.8 Å². The summed E-state index contributed by atoms with van der Waals surface area (Å²) in [5, 5.41) is 9.89. The topological polar surface area (TPSA) is 43.9 Å². The normalized spacial score (nSPS) is 12.6. The highest BCUT2D eigenvalue weighted by molar-refractivity contribution is 7.99. The molecule has 0 N–H and O–H groups in total. The van der Waals surface area contributed by atoms with E-state index in [1.807, 2.05) is 22.8 Å². The van der Waals surface area contributed by atoms with Crippen molar-refractivity contribution in [1.82, 2.24) is 14.8 Å². The van der Waals surface area contributed by atoms with Crippen LogP contribution in [0.5, 0.6) is 0 Å². The molecule has 96 valence electrons. The Bertz CT molecular complexity index is 504. The van der Waals surface area contributed by atoms with Crippen LogP contribution in [0, 0.1) is 0 Å². The number of aromatic nitrogens is 3. The molecule has 1 atom stereocenters. The van der Waals surface area contributed by atoms with Crippen LogP contribution in [0.1, 0.15) is 20.3 Å². The molecular formula is C13H17N3OS. The molecule has 0 fully saturated rings. The van der Waals surface area contributed by atoms with E-state index in [9.17, 15) is 0 Å². The molecule has 0 aliphatic carbocycles. The first-order valence-electron chi connectivity index (χ1n) is 6.00. The zero-order chi connectivity index (χ0) is 13.0. The lowest BCUT2D eigenvalue weighted by Gasteiger charge is -2.09. The molecule has 5 heteroatoms. The number of furan rings is 1. The summed E-state index contributed by atoms with van der Waals surface area (Å²) in [6.45, 7) is 8.82. The van der Waals surface area contributed by atoms with E-state index in [1.165, 1.54) is 0 Å². The standard InChI is InChI=1S/C13H17N3OS/c1-4-8-16-12(11-7-6-9-17-11)14-15-13(16)18-10(3)5-2/h4,6-7,9-10H,1,5,8H2,2-3H3. The zero-order valence-corrected chi connectivity index (χ0v) is 11.5. The van der Waals surface area contributed by atoms with E-state index in [0.717, 1.165) is 23.2 Å². The van der Waals surface area contributed by atoms with Crippen molar-refractivity contribution in [3.8, 4) is 11.6 Å². The Labute approximate surface area is 111 Å². The van der Waals surface area contributed by atoms with Gasteiger partial charge in [-0.05, 0) is 18.6 Å². The molecule has 2 heterocycles. The number of hydrogen-bond acceptors (Lipinski definition) is 4. The maximum absolute atomic E-state index is 5.38. The van der Waals surface area contributed by atoms with Gasteiger partial charge in [-0.3, -0.25) is 4.57 Å². The second kappa shape index (κ2) is 5.91. The predicted octanol–water partition coefficient (Wildman–Crippen LogP) is 3.61. The minimum Gasteiger partial charge on any atom is -0.461 e. The van der Waals surface area contributed by atoms with Gasteiger partial charge in [-0.15, -0.1) is 16.8 Å². The van der Waals surface area contributed by atoms with Crippen molar-refractivity contribution in [1.29, 1.82) is 0 Å². The zero-order valence-electron chi connectivity index (χ0n) is 10.7. The van der Waals surface area contributed by atoms with Crippen LogP contribution in [0.25, 0.3) is 11.6 Å². The van der Waals surface area contributed by atoms with Crippen LogP contribution in [-0.4, -0.2) is 20.0 Å². The highest BCUT2D eigenvalue weighted by atomic mass is 32.2. The highest BCUT2D eigenvalue weighted by Crippen LogP contribution is 2.27. The molecular weight excluding hydrogens is 246 g/mol. The molecule has 0 aliphatic heterocycles. The molecule has 0 spiro atoms. The smallest absolute Gasteiger partial charge is 0.200 e. The summed E-state index contributed by atoms with van der Waals surface area (Å²) >= 11 is 1.73. The van der Waals surface area contributed by atoms with Gasteiger partial charge in [0.2, 0.25) is 5.82 Å². The maximum Gasteiger partial charge on any atom is 0.200 e. The number of nitrogens with zero attached hydrogens (tertiary/aromatic N) is 3. The molecule has 0 saturated heterocycles. The number of hydrogen-bond donors (Lipinski definition) is 0. The lowest BCUT2D eigenvalue weighted by atomic mass is 10.4. The first-order valence-corrected chi connectivity index (χ1v) is 6.88. The van der Waals surface area contributed by atoms with Gasteiger partial charge in [-0.25, -0.2) is 0 Å². The monoisotopic (exact) mass is 263 g/mol. The summed E-state index contributed by atoms with van der Waals surface area (Å²) in [5.74, 6) is 1.49. The molecule has 1 unspecified atom stereocenters. The third-order valence-corrected chi connectivity index (χ3v) is 3.90. The molecule has 2 aromatic rings. The van der Waals surface area contributed by atoms with Gasteiger partial charge in [0, 0.05) is 11.8 Å². The van der Waals surface area contributed by atoms with Gasteiger partial charge in [0.05, 0.1) is 6.26 Å². The van der Waals surface area contributed by atoms with E-state index in [-0.39, 0.29) is 0 Å². The lowest BCUT2D eigenvalue weighted by molar-refractivity contribution is 0.569.